The van der Waals surface area contributed by atoms with Crippen LogP contribution in [0.25, 0.3) is 0 Å². The fourth-order valence-electron chi connectivity index (χ4n) is 1.24. The first-order valence-corrected chi connectivity index (χ1v) is 6.79. The number of nitro groups is 1. The molecule has 0 aliphatic heterocycles. The molecule has 100 valence electrons. The Hall–Kier alpha value is -1.38. The first-order chi connectivity index (χ1) is 8.95. The summed E-state index contributed by atoms with van der Waals surface area (Å²) in [4.78, 5) is 10.0. The number of benzene rings is 1. The van der Waals surface area contributed by atoms with E-state index in [4.69, 9.17) is 11.6 Å². The first kappa shape index (κ1) is 14.0. The van der Waals surface area contributed by atoms with Crippen LogP contribution < -0.4 is 4.72 Å². The highest BCUT2D eigenvalue weighted by molar-refractivity contribution is 8.02. The van der Waals surface area contributed by atoms with Gasteiger partial charge in [0.25, 0.3) is 5.69 Å². The summed E-state index contributed by atoms with van der Waals surface area (Å²) >= 11 is 7.68. The SMILES string of the molecule is O=[N+]([O-])c1cc(SNc2cc(F)cc(F)c2)sc1Cl. The lowest BCUT2D eigenvalue weighted by atomic mass is 10.3. The molecule has 0 aliphatic carbocycles. The lowest BCUT2D eigenvalue weighted by Gasteiger charge is -2.03. The molecule has 0 spiro atoms. The Morgan fingerprint density at radius 1 is 1.26 bits per heavy atom. The van der Waals surface area contributed by atoms with Gasteiger partial charge in [-0.05, 0) is 24.1 Å². The molecule has 2 rings (SSSR count). The van der Waals surface area contributed by atoms with Crippen LogP contribution in [-0.4, -0.2) is 4.92 Å². The van der Waals surface area contributed by atoms with Crippen LogP contribution in [0, 0.1) is 21.7 Å². The Bertz CT molecular complexity index is 616. The molecule has 0 bridgehead atoms. The molecule has 0 saturated heterocycles. The van der Waals surface area contributed by atoms with Crippen molar-refractivity contribution in [2.24, 2.45) is 0 Å². The van der Waals surface area contributed by atoms with Crippen LogP contribution in [0.4, 0.5) is 20.2 Å². The molecular weight excluding hydrogens is 318 g/mol. The molecule has 1 N–H and O–H groups in total. The number of nitrogens with zero attached hydrogens (tertiary/aromatic N) is 1. The van der Waals surface area contributed by atoms with E-state index in [1.165, 1.54) is 6.07 Å². The van der Waals surface area contributed by atoms with Gasteiger partial charge in [0.15, 0.2) is 4.34 Å². The van der Waals surface area contributed by atoms with Crippen molar-refractivity contribution in [2.45, 2.75) is 4.21 Å². The number of hydrogen-bond acceptors (Lipinski definition) is 5. The highest BCUT2D eigenvalue weighted by atomic mass is 35.5. The second kappa shape index (κ2) is 5.72. The van der Waals surface area contributed by atoms with Gasteiger partial charge >= 0.3 is 0 Å². The van der Waals surface area contributed by atoms with Gasteiger partial charge in [-0.15, -0.1) is 11.3 Å². The third kappa shape index (κ3) is 3.55. The van der Waals surface area contributed by atoms with Gasteiger partial charge in [0.05, 0.1) is 14.8 Å². The lowest BCUT2D eigenvalue weighted by Crippen LogP contribution is -1.88. The molecular formula is C10H5ClF2N2O2S2. The van der Waals surface area contributed by atoms with Gasteiger partial charge in [0, 0.05) is 12.1 Å². The summed E-state index contributed by atoms with van der Waals surface area (Å²) in [5, 5.41) is 10.6. The maximum absolute atomic E-state index is 12.9. The molecule has 1 aromatic carbocycles. The van der Waals surface area contributed by atoms with E-state index in [9.17, 15) is 18.9 Å². The Balaban J connectivity index is 2.10. The smallest absolute Gasteiger partial charge is 0.299 e. The second-order valence-corrected chi connectivity index (χ2v) is 6.10. The van der Waals surface area contributed by atoms with Gasteiger partial charge in [-0.1, -0.05) is 11.6 Å². The highest BCUT2D eigenvalue weighted by Crippen LogP contribution is 2.39. The van der Waals surface area contributed by atoms with E-state index in [2.05, 4.69) is 4.72 Å². The van der Waals surface area contributed by atoms with Crippen LogP contribution in [-0.2, 0) is 0 Å². The molecule has 0 aliphatic rings. The predicted molar refractivity (Wildman–Crippen MR) is 71.8 cm³/mol. The molecule has 4 nitrogen and oxygen atoms in total. The third-order valence-electron chi connectivity index (χ3n) is 1.97. The summed E-state index contributed by atoms with van der Waals surface area (Å²) in [6.45, 7) is 0. The van der Waals surface area contributed by atoms with Crippen molar-refractivity contribution in [1.82, 2.24) is 0 Å². The minimum Gasteiger partial charge on any atom is -0.325 e. The van der Waals surface area contributed by atoms with Crippen LogP contribution in [0.1, 0.15) is 0 Å². The van der Waals surface area contributed by atoms with Gasteiger partial charge in [-0.25, -0.2) is 8.78 Å². The largest absolute Gasteiger partial charge is 0.325 e. The fraction of sp³-hybridized carbons (Fsp3) is 0. The van der Waals surface area contributed by atoms with Gasteiger partial charge in [-0.2, -0.15) is 0 Å². The molecule has 0 amide bonds. The monoisotopic (exact) mass is 322 g/mol. The zero-order valence-corrected chi connectivity index (χ0v) is 11.4. The third-order valence-corrected chi connectivity index (χ3v) is 4.26. The normalized spacial score (nSPS) is 10.5. The molecule has 0 fully saturated rings. The number of halogens is 3. The molecule has 2 aromatic rings. The van der Waals surface area contributed by atoms with E-state index < -0.39 is 16.6 Å². The summed E-state index contributed by atoms with van der Waals surface area (Å²) in [6, 6.07) is 4.27. The highest BCUT2D eigenvalue weighted by Gasteiger charge is 2.17. The van der Waals surface area contributed by atoms with Gasteiger partial charge < -0.3 is 4.72 Å². The number of anilines is 1. The van der Waals surface area contributed by atoms with Crippen molar-refractivity contribution < 1.29 is 13.7 Å². The minimum atomic E-state index is -0.710. The number of hydrogen-bond donors (Lipinski definition) is 1. The maximum Gasteiger partial charge on any atom is 0.299 e. The average Bonchev–Trinajstić information content (AvgIpc) is 2.67. The van der Waals surface area contributed by atoms with E-state index in [-0.39, 0.29) is 15.7 Å². The summed E-state index contributed by atoms with van der Waals surface area (Å²) in [6.07, 6.45) is 0. The molecule has 0 atom stereocenters. The number of nitrogens with one attached hydrogen (secondary N) is 1. The van der Waals surface area contributed by atoms with E-state index >= 15 is 0 Å². The zero-order valence-electron chi connectivity index (χ0n) is 9.02. The van der Waals surface area contributed by atoms with Crippen molar-refractivity contribution in [1.29, 1.82) is 0 Å². The van der Waals surface area contributed by atoms with E-state index in [0.717, 1.165) is 41.5 Å². The van der Waals surface area contributed by atoms with Crippen LogP contribution in [0.2, 0.25) is 4.34 Å². The van der Waals surface area contributed by atoms with Gasteiger partial charge in [-0.3, -0.25) is 10.1 Å². The van der Waals surface area contributed by atoms with Gasteiger partial charge in [0.1, 0.15) is 11.6 Å². The Morgan fingerprint density at radius 2 is 1.89 bits per heavy atom. The first-order valence-electron chi connectivity index (χ1n) is 4.78. The summed E-state index contributed by atoms with van der Waals surface area (Å²) < 4.78 is 29.1. The van der Waals surface area contributed by atoms with Crippen molar-refractivity contribution in [3.63, 3.8) is 0 Å². The van der Waals surface area contributed by atoms with E-state index in [1.807, 2.05) is 0 Å². The van der Waals surface area contributed by atoms with Crippen LogP contribution >= 0.6 is 34.9 Å². The quantitative estimate of drug-likeness (QED) is 0.503. The predicted octanol–water partition coefficient (Wildman–Crippen LogP) is 4.71. The van der Waals surface area contributed by atoms with E-state index in [0.29, 0.717) is 4.21 Å². The topological polar surface area (TPSA) is 55.2 Å². The van der Waals surface area contributed by atoms with Crippen molar-refractivity contribution >= 4 is 46.3 Å². The Labute approximate surface area is 119 Å². The standard InChI is InChI=1S/C10H5ClF2N2O2S2/c11-10-8(15(16)17)4-9(18-10)19-14-7-2-5(12)1-6(13)3-7/h1-4,14H. The number of thiophene rings is 1. The lowest BCUT2D eigenvalue weighted by molar-refractivity contribution is -0.384. The molecule has 0 radical (unpaired) electrons. The average molecular weight is 323 g/mol. The Morgan fingerprint density at radius 3 is 2.42 bits per heavy atom. The van der Waals surface area contributed by atoms with Crippen LogP contribution in [0.3, 0.4) is 0 Å². The Kier molecular flexibility index (Phi) is 4.23. The molecule has 19 heavy (non-hydrogen) atoms. The van der Waals surface area contributed by atoms with Crippen molar-refractivity contribution in [2.75, 3.05) is 4.72 Å². The summed E-state index contributed by atoms with van der Waals surface area (Å²) in [7, 11) is 0. The van der Waals surface area contributed by atoms with Crippen LogP contribution in [0.5, 0.6) is 0 Å². The van der Waals surface area contributed by atoms with E-state index in [1.54, 1.807) is 0 Å². The molecule has 0 unspecified atom stereocenters. The minimum absolute atomic E-state index is 0.0553. The molecule has 0 saturated carbocycles. The summed E-state index contributed by atoms with van der Waals surface area (Å²) in [5.74, 6) is -1.42. The van der Waals surface area contributed by atoms with Crippen LogP contribution in [0.15, 0.2) is 28.5 Å². The maximum atomic E-state index is 12.9. The number of rotatable bonds is 4. The fourth-order valence-corrected chi connectivity index (χ4v) is 3.38. The summed E-state index contributed by atoms with van der Waals surface area (Å²) in [5.41, 5.74) is 0.0241. The molecule has 9 heteroatoms. The second-order valence-electron chi connectivity index (χ2n) is 3.34. The molecule has 1 aromatic heterocycles. The molecule has 1 heterocycles. The van der Waals surface area contributed by atoms with Crippen molar-refractivity contribution in [3.8, 4) is 0 Å². The van der Waals surface area contributed by atoms with Crippen molar-refractivity contribution in [3.05, 3.63) is 50.4 Å². The zero-order chi connectivity index (χ0) is 14.0. The van der Waals surface area contributed by atoms with Gasteiger partial charge in [0.2, 0.25) is 0 Å².